The van der Waals surface area contributed by atoms with Crippen molar-refractivity contribution < 1.29 is 24.1 Å². The van der Waals surface area contributed by atoms with E-state index in [9.17, 15) is 24.5 Å². The van der Waals surface area contributed by atoms with Gasteiger partial charge in [-0.1, -0.05) is 29.3 Å². The molecule has 2 amide bonds. The first-order chi connectivity index (χ1) is 13.0. The van der Waals surface area contributed by atoms with Gasteiger partial charge in [-0.25, -0.2) is 4.79 Å². The van der Waals surface area contributed by atoms with Gasteiger partial charge in [-0.15, -0.1) is 0 Å². The third kappa shape index (κ3) is 2.60. The van der Waals surface area contributed by atoms with Crippen LogP contribution < -0.4 is 0 Å². The lowest BCUT2D eigenvalue weighted by molar-refractivity contribution is -0.384. The predicted octanol–water partition coefficient (Wildman–Crippen LogP) is 3.12. The smallest absolute Gasteiger partial charge is 0.324 e. The Balaban J connectivity index is 1.67. The van der Waals surface area contributed by atoms with Gasteiger partial charge in [0.2, 0.25) is 0 Å². The molecule has 0 bridgehead atoms. The Morgan fingerprint density at radius 3 is 1.96 bits per heavy atom. The summed E-state index contributed by atoms with van der Waals surface area (Å²) in [5.41, 5.74) is 0.272. The number of imide groups is 1. The summed E-state index contributed by atoms with van der Waals surface area (Å²) in [6.45, 7) is 0. The van der Waals surface area contributed by atoms with Gasteiger partial charge in [-0.2, -0.15) is 0 Å². The molecule has 8 heteroatoms. The molecule has 0 N–H and O–H groups in total. The number of amides is 2. The van der Waals surface area contributed by atoms with Crippen molar-refractivity contribution in [2.75, 3.05) is 0 Å². The predicted molar refractivity (Wildman–Crippen MR) is 93.0 cm³/mol. The molecule has 8 nitrogen and oxygen atoms in total. The topological polar surface area (TPSA) is 107 Å². The zero-order chi connectivity index (χ0) is 19.1. The number of carbonyl (C=O) groups excluding carboxylic acids is 3. The summed E-state index contributed by atoms with van der Waals surface area (Å²) < 4.78 is 0. The molecule has 0 radical (unpaired) electrons. The second-order valence-electron chi connectivity index (χ2n) is 5.80. The standard InChI is InChI=1S/C19H10N2O6/c22-17-14-5-1-3-11-4-2-6-15(16(11)14)18(23)20(17)27-19(24)12-7-9-13(10-8-12)21(25)26/h1-10H. The number of carbonyl (C=O) groups is 3. The Hall–Kier alpha value is -4.07. The largest absolute Gasteiger partial charge is 0.363 e. The van der Waals surface area contributed by atoms with Crippen LogP contribution in [0.4, 0.5) is 5.69 Å². The van der Waals surface area contributed by atoms with Crippen LogP contribution in [0.3, 0.4) is 0 Å². The number of non-ortho nitro benzene ring substituents is 1. The fourth-order valence-corrected chi connectivity index (χ4v) is 2.95. The lowest BCUT2D eigenvalue weighted by Crippen LogP contribution is -2.41. The summed E-state index contributed by atoms with van der Waals surface area (Å²) in [7, 11) is 0. The molecule has 1 aliphatic heterocycles. The summed E-state index contributed by atoms with van der Waals surface area (Å²) in [5.74, 6) is -2.47. The van der Waals surface area contributed by atoms with E-state index in [0.717, 1.165) is 17.5 Å². The summed E-state index contributed by atoms with van der Waals surface area (Å²) in [5, 5.41) is 12.3. The molecule has 0 unspecified atom stereocenters. The van der Waals surface area contributed by atoms with Crippen LogP contribution in [0.15, 0.2) is 60.7 Å². The van der Waals surface area contributed by atoms with Crippen LogP contribution in [0, 0.1) is 10.1 Å². The van der Waals surface area contributed by atoms with Crippen LogP contribution in [0.1, 0.15) is 31.1 Å². The van der Waals surface area contributed by atoms with Gasteiger partial charge in [-0.3, -0.25) is 19.7 Å². The molecular weight excluding hydrogens is 352 g/mol. The Bertz CT molecular complexity index is 1090. The first kappa shape index (κ1) is 16.4. The van der Waals surface area contributed by atoms with E-state index in [0.29, 0.717) is 10.4 Å². The van der Waals surface area contributed by atoms with E-state index < -0.39 is 22.7 Å². The van der Waals surface area contributed by atoms with Crippen LogP contribution in [0.2, 0.25) is 0 Å². The molecule has 132 valence electrons. The monoisotopic (exact) mass is 362 g/mol. The highest BCUT2D eigenvalue weighted by Gasteiger charge is 2.36. The number of nitro benzene ring substituents is 1. The molecule has 1 aliphatic rings. The van der Waals surface area contributed by atoms with Crippen molar-refractivity contribution >= 4 is 34.2 Å². The quantitative estimate of drug-likeness (QED) is 0.402. The van der Waals surface area contributed by atoms with Crippen LogP contribution in [0.25, 0.3) is 10.8 Å². The molecule has 4 rings (SSSR count). The number of hydroxylamine groups is 2. The van der Waals surface area contributed by atoms with Gasteiger partial charge in [0.1, 0.15) is 0 Å². The zero-order valence-corrected chi connectivity index (χ0v) is 13.6. The van der Waals surface area contributed by atoms with Crippen LogP contribution in [-0.4, -0.2) is 27.8 Å². The summed E-state index contributed by atoms with van der Waals surface area (Å²) >= 11 is 0. The van der Waals surface area contributed by atoms with E-state index in [1.807, 2.05) is 0 Å². The molecule has 0 spiro atoms. The van der Waals surface area contributed by atoms with Crippen molar-refractivity contribution in [1.29, 1.82) is 0 Å². The number of hydrogen-bond donors (Lipinski definition) is 0. The fraction of sp³-hybridized carbons (Fsp3) is 0. The van der Waals surface area contributed by atoms with Crippen molar-refractivity contribution in [1.82, 2.24) is 5.06 Å². The molecule has 0 atom stereocenters. The Morgan fingerprint density at radius 2 is 1.44 bits per heavy atom. The number of hydrogen-bond acceptors (Lipinski definition) is 6. The highest BCUT2D eigenvalue weighted by Crippen LogP contribution is 2.30. The fourth-order valence-electron chi connectivity index (χ4n) is 2.95. The molecule has 3 aromatic carbocycles. The second kappa shape index (κ2) is 6.03. The number of nitro groups is 1. The minimum absolute atomic E-state index is 0.0294. The van der Waals surface area contributed by atoms with E-state index >= 15 is 0 Å². The van der Waals surface area contributed by atoms with E-state index in [1.54, 1.807) is 36.4 Å². The molecule has 0 aromatic heterocycles. The lowest BCUT2D eigenvalue weighted by Gasteiger charge is -2.25. The molecule has 0 saturated carbocycles. The van der Waals surface area contributed by atoms with E-state index in [4.69, 9.17) is 4.84 Å². The summed E-state index contributed by atoms with van der Waals surface area (Å²) in [6, 6.07) is 14.6. The van der Waals surface area contributed by atoms with Gasteiger partial charge in [0.15, 0.2) is 0 Å². The molecular formula is C19H10N2O6. The molecule has 3 aromatic rings. The van der Waals surface area contributed by atoms with Crippen molar-refractivity contribution in [3.63, 3.8) is 0 Å². The highest BCUT2D eigenvalue weighted by atomic mass is 16.7. The second-order valence-corrected chi connectivity index (χ2v) is 5.80. The highest BCUT2D eigenvalue weighted by molar-refractivity contribution is 6.25. The lowest BCUT2D eigenvalue weighted by atomic mass is 9.95. The third-order valence-electron chi connectivity index (χ3n) is 4.22. The maximum absolute atomic E-state index is 12.7. The van der Waals surface area contributed by atoms with Gasteiger partial charge in [0, 0.05) is 17.5 Å². The van der Waals surface area contributed by atoms with Crippen LogP contribution in [0.5, 0.6) is 0 Å². The minimum atomic E-state index is -0.974. The van der Waals surface area contributed by atoms with Crippen molar-refractivity contribution in [2.24, 2.45) is 0 Å². The number of nitrogens with zero attached hydrogens (tertiary/aromatic N) is 2. The molecule has 0 aliphatic carbocycles. The molecule has 0 fully saturated rings. The number of rotatable bonds is 3. The molecule has 0 saturated heterocycles. The van der Waals surface area contributed by atoms with Gasteiger partial charge >= 0.3 is 5.97 Å². The summed E-state index contributed by atoms with van der Waals surface area (Å²) in [4.78, 5) is 52.7. The normalized spacial score (nSPS) is 13.0. The van der Waals surface area contributed by atoms with Gasteiger partial charge in [0.25, 0.3) is 17.5 Å². The van der Waals surface area contributed by atoms with E-state index in [1.165, 1.54) is 12.1 Å². The zero-order valence-electron chi connectivity index (χ0n) is 13.6. The van der Waals surface area contributed by atoms with Crippen LogP contribution in [-0.2, 0) is 4.84 Å². The maximum Gasteiger partial charge on any atom is 0.363 e. The Kier molecular flexibility index (Phi) is 3.66. The SMILES string of the molecule is O=C(ON1C(=O)c2cccc3cccc(c23)C1=O)c1ccc([N+](=O)[O-])cc1. The van der Waals surface area contributed by atoms with Crippen molar-refractivity contribution in [2.45, 2.75) is 0 Å². The minimum Gasteiger partial charge on any atom is -0.324 e. The third-order valence-corrected chi connectivity index (χ3v) is 4.22. The first-order valence-electron chi connectivity index (χ1n) is 7.84. The molecule has 27 heavy (non-hydrogen) atoms. The van der Waals surface area contributed by atoms with Crippen molar-refractivity contribution in [3.8, 4) is 0 Å². The van der Waals surface area contributed by atoms with Crippen molar-refractivity contribution in [3.05, 3.63) is 87.5 Å². The molecule has 1 heterocycles. The van der Waals surface area contributed by atoms with E-state index in [-0.39, 0.29) is 22.4 Å². The Labute approximate surface area is 151 Å². The first-order valence-corrected chi connectivity index (χ1v) is 7.84. The summed E-state index contributed by atoms with van der Waals surface area (Å²) in [6.07, 6.45) is 0. The van der Waals surface area contributed by atoms with Crippen LogP contribution >= 0.6 is 0 Å². The van der Waals surface area contributed by atoms with Gasteiger partial charge < -0.3 is 4.84 Å². The van der Waals surface area contributed by atoms with Gasteiger partial charge in [-0.05, 0) is 29.7 Å². The van der Waals surface area contributed by atoms with Gasteiger partial charge in [0.05, 0.1) is 21.6 Å². The average molecular weight is 362 g/mol. The maximum atomic E-state index is 12.7. The Morgan fingerprint density at radius 1 is 0.889 bits per heavy atom. The van der Waals surface area contributed by atoms with E-state index in [2.05, 4.69) is 0 Å². The number of benzene rings is 3. The average Bonchev–Trinajstić information content (AvgIpc) is 2.69.